The Balaban J connectivity index is 1.44. The molecule has 1 aromatic heterocycles. The zero-order valence-corrected chi connectivity index (χ0v) is 16.9. The number of aliphatic imine (C=N–C) groups is 1. The van der Waals surface area contributed by atoms with E-state index in [9.17, 15) is 4.79 Å². The Labute approximate surface area is 172 Å². The van der Waals surface area contributed by atoms with Gasteiger partial charge in [-0.25, -0.2) is 4.98 Å². The molecule has 2 aromatic rings. The lowest BCUT2D eigenvalue weighted by Crippen LogP contribution is -2.38. The van der Waals surface area contributed by atoms with Crippen LogP contribution in [-0.4, -0.2) is 43.0 Å². The first-order valence-corrected chi connectivity index (χ1v) is 10.3. The summed E-state index contributed by atoms with van der Waals surface area (Å²) in [4.78, 5) is 21.0. The smallest absolute Gasteiger partial charge is 0.225 e. The van der Waals surface area contributed by atoms with E-state index in [1.807, 2.05) is 36.4 Å². The molecule has 29 heavy (non-hydrogen) atoms. The quantitative estimate of drug-likeness (QED) is 0.298. The van der Waals surface area contributed by atoms with Crippen molar-refractivity contribution in [1.82, 2.24) is 15.6 Å². The number of rotatable bonds is 9. The molecule has 2 heterocycles. The molecule has 1 atom stereocenters. The average Bonchev–Trinajstić information content (AvgIpc) is 2.74. The number of unbranched alkanes of at least 4 members (excludes halogenated alkanes) is 1. The van der Waals surface area contributed by atoms with Crippen LogP contribution < -0.4 is 21.3 Å². The highest BCUT2D eigenvalue weighted by Gasteiger charge is 2.24. The molecule has 0 saturated heterocycles. The van der Waals surface area contributed by atoms with Gasteiger partial charge in [-0.05, 0) is 43.5 Å². The molecule has 1 amide bonds. The first-order chi connectivity index (χ1) is 14.3. The van der Waals surface area contributed by atoms with Crippen LogP contribution in [0.25, 0.3) is 0 Å². The van der Waals surface area contributed by atoms with Gasteiger partial charge in [0.05, 0.1) is 6.54 Å². The maximum absolute atomic E-state index is 12.0. The number of aromatic nitrogens is 1. The normalized spacial score (nSPS) is 16.0. The van der Waals surface area contributed by atoms with Crippen LogP contribution in [0.4, 0.5) is 11.5 Å². The molecular weight excluding hydrogens is 364 g/mol. The van der Waals surface area contributed by atoms with Crippen molar-refractivity contribution < 1.29 is 4.79 Å². The van der Waals surface area contributed by atoms with Crippen LogP contribution in [-0.2, 0) is 4.79 Å². The molecule has 0 fully saturated rings. The number of nitrogens with zero attached hydrogens (tertiary/aromatic N) is 2. The number of hydrogen-bond acceptors (Lipinski definition) is 4. The van der Waals surface area contributed by atoms with Crippen LogP contribution in [0.5, 0.6) is 0 Å². The fraction of sp³-hybridized carbons (Fsp3) is 0.409. The second kappa shape index (κ2) is 11.0. The van der Waals surface area contributed by atoms with Crippen molar-refractivity contribution in [2.45, 2.75) is 32.1 Å². The zero-order chi connectivity index (χ0) is 20.3. The molecular formula is C22H30N6O. The summed E-state index contributed by atoms with van der Waals surface area (Å²) in [7, 11) is 0. The maximum Gasteiger partial charge on any atom is 0.225 e. The molecule has 0 spiro atoms. The lowest BCUT2D eigenvalue weighted by molar-refractivity contribution is -0.116. The van der Waals surface area contributed by atoms with Gasteiger partial charge in [0.2, 0.25) is 5.91 Å². The summed E-state index contributed by atoms with van der Waals surface area (Å²) in [6, 6.07) is 13.8. The molecule has 4 N–H and O–H groups in total. The third-order valence-corrected chi connectivity index (χ3v) is 4.79. The van der Waals surface area contributed by atoms with Crippen molar-refractivity contribution in [3.05, 3.63) is 54.2 Å². The Morgan fingerprint density at radius 1 is 1.14 bits per heavy atom. The van der Waals surface area contributed by atoms with E-state index < -0.39 is 0 Å². The standard InChI is InChI=1S/C22H30N6O/c1-2-23-22(26-14-8-7-13-25-20-11-5-6-12-24-20)27-16-17-15-21(29)28-19-10-4-3-9-18(17)19/h3-6,9-12,17H,2,7-8,13-16H2,1H3,(H,24,25)(H,28,29)(H2,23,26,27). The van der Waals surface area contributed by atoms with E-state index >= 15 is 0 Å². The third-order valence-electron chi connectivity index (χ3n) is 4.79. The molecule has 1 aromatic carbocycles. The maximum atomic E-state index is 12.0. The molecule has 0 saturated carbocycles. The third kappa shape index (κ3) is 6.48. The minimum Gasteiger partial charge on any atom is -0.370 e. The first kappa shape index (κ1) is 20.6. The molecule has 7 nitrogen and oxygen atoms in total. The number of carbonyl (C=O) groups is 1. The number of amides is 1. The van der Waals surface area contributed by atoms with E-state index in [-0.39, 0.29) is 11.8 Å². The van der Waals surface area contributed by atoms with Gasteiger partial charge in [0.25, 0.3) is 0 Å². The van der Waals surface area contributed by atoms with E-state index in [2.05, 4.69) is 39.2 Å². The topological polar surface area (TPSA) is 90.4 Å². The minimum absolute atomic E-state index is 0.0577. The van der Waals surface area contributed by atoms with Crippen molar-refractivity contribution in [3.8, 4) is 0 Å². The van der Waals surface area contributed by atoms with Gasteiger partial charge in [0.15, 0.2) is 5.96 Å². The molecule has 7 heteroatoms. The first-order valence-electron chi connectivity index (χ1n) is 10.3. The molecule has 1 aliphatic rings. The lowest BCUT2D eigenvalue weighted by Gasteiger charge is -2.24. The number of carbonyl (C=O) groups excluding carboxylic acids is 1. The fourth-order valence-electron chi connectivity index (χ4n) is 3.35. The van der Waals surface area contributed by atoms with Crippen molar-refractivity contribution in [2.24, 2.45) is 4.99 Å². The Morgan fingerprint density at radius 2 is 1.97 bits per heavy atom. The van der Waals surface area contributed by atoms with Crippen molar-refractivity contribution in [1.29, 1.82) is 0 Å². The van der Waals surface area contributed by atoms with Gasteiger partial charge in [-0.2, -0.15) is 0 Å². The van der Waals surface area contributed by atoms with Gasteiger partial charge in [-0.3, -0.25) is 9.79 Å². The van der Waals surface area contributed by atoms with Crippen molar-refractivity contribution in [2.75, 3.05) is 36.8 Å². The highest BCUT2D eigenvalue weighted by molar-refractivity contribution is 5.94. The summed E-state index contributed by atoms with van der Waals surface area (Å²) >= 11 is 0. The predicted molar refractivity (Wildman–Crippen MR) is 118 cm³/mol. The van der Waals surface area contributed by atoms with Crippen LogP contribution in [0.15, 0.2) is 53.7 Å². The summed E-state index contributed by atoms with van der Waals surface area (Å²) in [6.07, 6.45) is 4.33. The van der Waals surface area contributed by atoms with E-state index in [0.29, 0.717) is 13.0 Å². The summed E-state index contributed by atoms with van der Waals surface area (Å²) in [6.45, 7) is 5.17. The number of benzene rings is 1. The van der Waals surface area contributed by atoms with E-state index in [1.165, 1.54) is 0 Å². The van der Waals surface area contributed by atoms with Crippen molar-refractivity contribution in [3.63, 3.8) is 0 Å². The van der Waals surface area contributed by atoms with Crippen LogP contribution in [0.1, 0.15) is 37.7 Å². The largest absolute Gasteiger partial charge is 0.370 e. The number of fused-ring (bicyclic) bond motifs is 1. The summed E-state index contributed by atoms with van der Waals surface area (Å²) in [5, 5.41) is 12.9. The molecule has 1 unspecified atom stereocenters. The summed E-state index contributed by atoms with van der Waals surface area (Å²) in [5.41, 5.74) is 2.06. The van der Waals surface area contributed by atoms with Crippen molar-refractivity contribution >= 4 is 23.4 Å². The molecule has 1 aliphatic heterocycles. The highest BCUT2D eigenvalue weighted by atomic mass is 16.1. The van der Waals surface area contributed by atoms with E-state index in [4.69, 9.17) is 4.99 Å². The summed E-state index contributed by atoms with van der Waals surface area (Å²) in [5.74, 6) is 1.88. The number of pyridine rings is 1. The molecule has 154 valence electrons. The van der Waals surface area contributed by atoms with Crippen LogP contribution in [0.3, 0.4) is 0 Å². The van der Waals surface area contributed by atoms with Crippen LogP contribution >= 0.6 is 0 Å². The Morgan fingerprint density at radius 3 is 2.79 bits per heavy atom. The highest BCUT2D eigenvalue weighted by Crippen LogP contribution is 2.31. The van der Waals surface area contributed by atoms with Gasteiger partial charge in [-0.15, -0.1) is 0 Å². The Kier molecular flexibility index (Phi) is 7.86. The van der Waals surface area contributed by atoms with Gasteiger partial charge < -0.3 is 21.3 Å². The number of para-hydroxylation sites is 1. The molecule has 0 radical (unpaired) electrons. The number of nitrogens with one attached hydrogen (secondary N) is 4. The Hall–Kier alpha value is -3.09. The van der Waals surface area contributed by atoms with Gasteiger partial charge in [0, 0.05) is 43.9 Å². The monoisotopic (exact) mass is 394 g/mol. The number of hydrogen-bond donors (Lipinski definition) is 4. The van der Waals surface area contributed by atoms with E-state index in [0.717, 1.165) is 55.5 Å². The van der Waals surface area contributed by atoms with Crippen LogP contribution in [0, 0.1) is 0 Å². The predicted octanol–water partition coefficient (Wildman–Crippen LogP) is 2.95. The lowest BCUT2D eigenvalue weighted by atomic mass is 9.91. The zero-order valence-electron chi connectivity index (χ0n) is 16.9. The van der Waals surface area contributed by atoms with Gasteiger partial charge in [-0.1, -0.05) is 24.3 Å². The number of guanidine groups is 1. The van der Waals surface area contributed by atoms with Gasteiger partial charge in [0.1, 0.15) is 5.82 Å². The number of anilines is 2. The molecule has 0 bridgehead atoms. The fourth-order valence-corrected chi connectivity index (χ4v) is 3.35. The van der Waals surface area contributed by atoms with E-state index in [1.54, 1.807) is 6.20 Å². The minimum atomic E-state index is 0.0577. The Bertz CT molecular complexity index is 808. The summed E-state index contributed by atoms with van der Waals surface area (Å²) < 4.78 is 0. The molecule has 0 aliphatic carbocycles. The average molecular weight is 395 g/mol. The SMILES string of the molecule is CCNC(=NCC1CC(=O)Nc2ccccc21)NCCCCNc1ccccn1. The van der Waals surface area contributed by atoms with Gasteiger partial charge >= 0.3 is 0 Å². The van der Waals surface area contributed by atoms with Crippen LogP contribution in [0.2, 0.25) is 0 Å². The second-order valence-corrected chi connectivity index (χ2v) is 7.03. The second-order valence-electron chi connectivity index (χ2n) is 7.03. The molecule has 3 rings (SSSR count).